The lowest BCUT2D eigenvalue weighted by atomic mass is 10.3. The van der Waals surface area contributed by atoms with E-state index in [1.54, 1.807) is 0 Å². The number of halogens is 1. The van der Waals surface area contributed by atoms with Gasteiger partial charge < -0.3 is 5.32 Å². The lowest BCUT2D eigenvalue weighted by Crippen LogP contribution is -2.18. The van der Waals surface area contributed by atoms with Gasteiger partial charge in [0.05, 0.1) is 5.02 Å². The lowest BCUT2D eigenvalue weighted by Gasteiger charge is -1.96. The van der Waals surface area contributed by atoms with Crippen LogP contribution < -0.4 is 5.32 Å². The summed E-state index contributed by atoms with van der Waals surface area (Å²) >= 11 is 5.57. The maximum Gasteiger partial charge on any atom is 0.269 e. The first kappa shape index (κ1) is 8.01. The summed E-state index contributed by atoms with van der Waals surface area (Å²) in [5, 5.41) is 2.82. The number of carbonyl (C=O) groups is 1. The van der Waals surface area contributed by atoms with Gasteiger partial charge in [0.2, 0.25) is 0 Å². The molecule has 0 aliphatic carbocycles. The molecule has 3 nitrogen and oxygen atoms in total. The molecule has 1 aromatic rings. The predicted octanol–water partition coefficient (Wildman–Crippen LogP) is 0.895. The molecule has 57 valence electrons. The number of hydrogen-bond acceptors (Lipinski definition) is 2. The number of amides is 1. The highest BCUT2D eigenvalue weighted by molar-refractivity contribution is 6.30. The Kier molecular flexibility index (Phi) is 2.44. The van der Waals surface area contributed by atoms with E-state index >= 15 is 0 Å². The molecule has 11 heavy (non-hydrogen) atoms. The number of pyridine rings is 1. The van der Waals surface area contributed by atoms with Crippen LogP contribution in [0.2, 0.25) is 5.02 Å². The normalized spacial score (nSPS) is 9.27. The largest absolute Gasteiger partial charge is 0.354 e. The van der Waals surface area contributed by atoms with Crippen molar-refractivity contribution < 1.29 is 4.79 Å². The summed E-state index contributed by atoms with van der Waals surface area (Å²) in [5.74, 6) is -0.249. The molecule has 0 saturated heterocycles. The second kappa shape index (κ2) is 3.34. The summed E-state index contributed by atoms with van der Waals surface area (Å²) in [7, 11) is 1.54. The van der Waals surface area contributed by atoms with Crippen LogP contribution in [0.1, 0.15) is 10.5 Å². The van der Waals surface area contributed by atoms with Crippen molar-refractivity contribution in [2.75, 3.05) is 7.05 Å². The quantitative estimate of drug-likeness (QED) is 0.679. The van der Waals surface area contributed by atoms with Crippen molar-refractivity contribution in [1.82, 2.24) is 10.3 Å². The summed E-state index contributed by atoms with van der Waals surface area (Å²) in [6, 6.07) is 4.08. The van der Waals surface area contributed by atoms with E-state index in [2.05, 4.69) is 16.4 Å². The minimum atomic E-state index is -0.249. The number of aromatic nitrogens is 1. The highest BCUT2D eigenvalue weighted by Crippen LogP contribution is 2.06. The van der Waals surface area contributed by atoms with E-state index in [4.69, 9.17) is 11.6 Å². The van der Waals surface area contributed by atoms with E-state index in [9.17, 15) is 4.79 Å². The van der Waals surface area contributed by atoms with Gasteiger partial charge in [-0.1, -0.05) is 11.6 Å². The fourth-order valence-electron chi connectivity index (χ4n) is 0.615. The van der Waals surface area contributed by atoms with E-state index in [1.165, 1.54) is 19.3 Å². The van der Waals surface area contributed by atoms with Crippen LogP contribution in [0.3, 0.4) is 0 Å². The van der Waals surface area contributed by atoms with Gasteiger partial charge in [-0.15, -0.1) is 0 Å². The number of nitrogens with one attached hydrogen (secondary N) is 1. The third-order valence-corrected chi connectivity index (χ3v) is 1.35. The zero-order valence-corrected chi connectivity index (χ0v) is 6.64. The van der Waals surface area contributed by atoms with Crippen molar-refractivity contribution >= 4 is 17.5 Å². The first-order valence-electron chi connectivity index (χ1n) is 2.99. The van der Waals surface area contributed by atoms with Crippen LogP contribution in [0.5, 0.6) is 0 Å². The zero-order valence-electron chi connectivity index (χ0n) is 5.89. The molecule has 0 bridgehead atoms. The second-order valence-electron chi connectivity index (χ2n) is 1.86. The van der Waals surface area contributed by atoms with Crippen LogP contribution in [0.25, 0.3) is 0 Å². The van der Waals surface area contributed by atoms with Gasteiger partial charge >= 0.3 is 0 Å². The van der Waals surface area contributed by atoms with Crippen LogP contribution in [0.4, 0.5) is 0 Å². The van der Waals surface area contributed by atoms with Gasteiger partial charge in [-0.25, -0.2) is 0 Å². The number of nitrogens with zero attached hydrogens (tertiary/aromatic N) is 1. The van der Waals surface area contributed by atoms with E-state index < -0.39 is 0 Å². The Labute approximate surface area is 69.4 Å². The average molecular weight is 170 g/mol. The van der Waals surface area contributed by atoms with Gasteiger partial charge in [0.25, 0.3) is 5.91 Å². The van der Waals surface area contributed by atoms with Crippen molar-refractivity contribution in [2.45, 2.75) is 0 Å². The molecule has 0 aromatic carbocycles. The van der Waals surface area contributed by atoms with Crippen molar-refractivity contribution in [3.05, 3.63) is 29.0 Å². The Morgan fingerprint density at radius 2 is 2.55 bits per heavy atom. The molecule has 1 rings (SSSR count). The molecular formula is C7H6ClN2O. The standard InChI is InChI=1S/C7H6ClN2O/c1-9-7(11)6-4-5(8)2-3-10-6/h3-4H,1H3,(H,9,11). The molecule has 1 amide bonds. The highest BCUT2D eigenvalue weighted by Gasteiger charge is 2.03. The number of rotatable bonds is 1. The van der Waals surface area contributed by atoms with Crippen LogP contribution in [0.15, 0.2) is 12.3 Å². The molecule has 0 atom stereocenters. The third-order valence-electron chi connectivity index (χ3n) is 1.13. The summed E-state index contributed by atoms with van der Waals surface area (Å²) in [6.07, 6.45) is 1.37. The molecule has 0 saturated carbocycles. The van der Waals surface area contributed by atoms with Crippen molar-refractivity contribution in [3.63, 3.8) is 0 Å². The lowest BCUT2D eigenvalue weighted by molar-refractivity contribution is 0.0958. The van der Waals surface area contributed by atoms with Crippen LogP contribution in [-0.2, 0) is 0 Å². The summed E-state index contributed by atoms with van der Waals surface area (Å²) < 4.78 is 0. The molecule has 0 unspecified atom stereocenters. The summed E-state index contributed by atoms with van der Waals surface area (Å²) in [5.41, 5.74) is 0.302. The van der Waals surface area contributed by atoms with Gasteiger partial charge in [0, 0.05) is 19.3 Å². The first-order valence-corrected chi connectivity index (χ1v) is 3.37. The SMILES string of the molecule is CNC(=O)c1cc(Cl)[c]cn1. The molecule has 0 aliphatic heterocycles. The minimum Gasteiger partial charge on any atom is -0.354 e. The molecule has 4 heteroatoms. The van der Waals surface area contributed by atoms with Crippen LogP contribution >= 0.6 is 11.6 Å². The fourth-order valence-corrected chi connectivity index (χ4v) is 0.767. The van der Waals surface area contributed by atoms with Gasteiger partial charge in [-0.05, 0) is 6.07 Å². The van der Waals surface area contributed by atoms with Gasteiger partial charge in [0.1, 0.15) is 5.69 Å². The maximum atomic E-state index is 10.9. The van der Waals surface area contributed by atoms with E-state index in [0.29, 0.717) is 10.7 Å². The zero-order chi connectivity index (χ0) is 8.27. The number of hydrogen-bond donors (Lipinski definition) is 1. The average Bonchev–Trinajstić information content (AvgIpc) is 2.03. The molecule has 1 radical (unpaired) electrons. The third kappa shape index (κ3) is 1.91. The van der Waals surface area contributed by atoms with Crippen LogP contribution in [-0.4, -0.2) is 17.9 Å². The molecular weight excluding hydrogens is 164 g/mol. The monoisotopic (exact) mass is 169 g/mol. The summed E-state index contributed by atoms with van der Waals surface area (Å²) in [6.45, 7) is 0. The van der Waals surface area contributed by atoms with Crippen LogP contribution in [0, 0.1) is 6.07 Å². The smallest absolute Gasteiger partial charge is 0.269 e. The second-order valence-corrected chi connectivity index (χ2v) is 2.27. The predicted molar refractivity (Wildman–Crippen MR) is 41.5 cm³/mol. The van der Waals surface area contributed by atoms with Gasteiger partial charge in [0.15, 0.2) is 0 Å². The molecule has 0 spiro atoms. The first-order chi connectivity index (χ1) is 5.24. The van der Waals surface area contributed by atoms with E-state index in [-0.39, 0.29) is 5.91 Å². The molecule has 0 aliphatic rings. The van der Waals surface area contributed by atoms with Gasteiger partial charge in [-0.3, -0.25) is 9.78 Å². The Hall–Kier alpha value is -1.09. The highest BCUT2D eigenvalue weighted by atomic mass is 35.5. The molecule has 0 fully saturated rings. The van der Waals surface area contributed by atoms with E-state index in [0.717, 1.165) is 0 Å². The van der Waals surface area contributed by atoms with Crippen molar-refractivity contribution in [1.29, 1.82) is 0 Å². The Morgan fingerprint density at radius 3 is 3.09 bits per heavy atom. The maximum absolute atomic E-state index is 10.9. The van der Waals surface area contributed by atoms with E-state index in [1.807, 2.05) is 0 Å². The number of carbonyl (C=O) groups excluding carboxylic acids is 1. The van der Waals surface area contributed by atoms with Crippen molar-refractivity contribution in [3.8, 4) is 0 Å². The Balaban J connectivity index is 2.96. The fraction of sp³-hybridized carbons (Fsp3) is 0.143. The molecule has 1 heterocycles. The molecule has 1 aromatic heterocycles. The Morgan fingerprint density at radius 1 is 1.82 bits per heavy atom. The van der Waals surface area contributed by atoms with Crippen molar-refractivity contribution in [2.24, 2.45) is 0 Å². The minimum absolute atomic E-state index is 0.249. The molecule has 1 N–H and O–H groups in total. The summed E-state index contributed by atoms with van der Waals surface area (Å²) in [4.78, 5) is 14.7. The topological polar surface area (TPSA) is 42.0 Å². The Bertz CT molecular complexity index is 275. The van der Waals surface area contributed by atoms with Gasteiger partial charge in [-0.2, -0.15) is 0 Å².